The van der Waals surface area contributed by atoms with Gasteiger partial charge in [-0.2, -0.15) is 5.10 Å². The largest absolute Gasteiger partial charge is 0.492 e. The minimum absolute atomic E-state index is 0.0312. The van der Waals surface area contributed by atoms with E-state index in [0.29, 0.717) is 5.92 Å². The zero-order chi connectivity index (χ0) is 15.0. The number of carboxylic acid groups (broad SMARTS) is 1. The lowest BCUT2D eigenvalue weighted by molar-refractivity contribution is 0.0689. The van der Waals surface area contributed by atoms with Gasteiger partial charge in [-0.1, -0.05) is 12.1 Å². The fourth-order valence-corrected chi connectivity index (χ4v) is 2.72. The number of aryl methyl sites for hydroxylation is 1. The van der Waals surface area contributed by atoms with E-state index in [1.165, 1.54) is 12.8 Å². The van der Waals surface area contributed by atoms with Gasteiger partial charge in [0.25, 0.3) is 0 Å². The van der Waals surface area contributed by atoms with Crippen molar-refractivity contribution in [2.75, 3.05) is 6.61 Å². The van der Waals surface area contributed by atoms with Gasteiger partial charge in [0.1, 0.15) is 5.75 Å². The SMILES string of the molecule is Cn1nc(C(=O)O)cc1-c1cccc(OCC2CC2)c1Br. The first-order valence-electron chi connectivity index (χ1n) is 6.75. The lowest BCUT2D eigenvalue weighted by Gasteiger charge is -2.11. The summed E-state index contributed by atoms with van der Waals surface area (Å²) < 4.78 is 8.21. The monoisotopic (exact) mass is 350 g/mol. The van der Waals surface area contributed by atoms with Gasteiger partial charge in [0, 0.05) is 12.6 Å². The Labute approximate surface area is 130 Å². The molecule has 0 aliphatic heterocycles. The van der Waals surface area contributed by atoms with Crippen LogP contribution in [0.4, 0.5) is 0 Å². The number of carboxylic acids is 1. The quantitative estimate of drug-likeness (QED) is 0.897. The summed E-state index contributed by atoms with van der Waals surface area (Å²) in [7, 11) is 1.73. The van der Waals surface area contributed by atoms with E-state index in [0.717, 1.165) is 28.1 Å². The van der Waals surface area contributed by atoms with E-state index in [9.17, 15) is 4.79 Å². The molecule has 1 saturated carbocycles. The van der Waals surface area contributed by atoms with Crippen LogP contribution in [0.25, 0.3) is 11.3 Å². The summed E-state index contributed by atoms with van der Waals surface area (Å²) in [4.78, 5) is 11.0. The molecule has 5 nitrogen and oxygen atoms in total. The fraction of sp³-hybridized carbons (Fsp3) is 0.333. The second-order valence-electron chi connectivity index (χ2n) is 5.22. The van der Waals surface area contributed by atoms with Gasteiger partial charge in [0.2, 0.25) is 0 Å². The Balaban J connectivity index is 1.93. The summed E-state index contributed by atoms with van der Waals surface area (Å²) in [5, 5.41) is 13.0. The number of ether oxygens (including phenoxy) is 1. The lowest BCUT2D eigenvalue weighted by atomic mass is 10.1. The Hall–Kier alpha value is -1.82. The number of rotatable bonds is 5. The highest BCUT2D eigenvalue weighted by Crippen LogP contribution is 2.37. The summed E-state index contributed by atoms with van der Waals surface area (Å²) in [6, 6.07) is 7.28. The summed E-state index contributed by atoms with van der Waals surface area (Å²) in [6.45, 7) is 0.730. The molecule has 1 aromatic heterocycles. The van der Waals surface area contributed by atoms with Crippen LogP contribution in [0.1, 0.15) is 23.3 Å². The highest BCUT2D eigenvalue weighted by Gasteiger charge is 2.23. The molecular formula is C15H15BrN2O3. The van der Waals surface area contributed by atoms with Gasteiger partial charge in [-0.25, -0.2) is 4.79 Å². The maximum atomic E-state index is 11.0. The van der Waals surface area contributed by atoms with E-state index in [4.69, 9.17) is 9.84 Å². The average molecular weight is 351 g/mol. The van der Waals surface area contributed by atoms with E-state index in [-0.39, 0.29) is 5.69 Å². The van der Waals surface area contributed by atoms with Crippen LogP contribution in [0.15, 0.2) is 28.7 Å². The molecule has 1 fully saturated rings. The first-order chi connectivity index (χ1) is 10.1. The summed E-state index contributed by atoms with van der Waals surface area (Å²) in [5.74, 6) is 0.419. The number of hydrogen-bond acceptors (Lipinski definition) is 3. The van der Waals surface area contributed by atoms with Crippen molar-refractivity contribution in [2.45, 2.75) is 12.8 Å². The van der Waals surface area contributed by atoms with Crippen LogP contribution in [-0.2, 0) is 7.05 Å². The van der Waals surface area contributed by atoms with Gasteiger partial charge in [0.15, 0.2) is 5.69 Å². The highest BCUT2D eigenvalue weighted by atomic mass is 79.9. The van der Waals surface area contributed by atoms with Crippen molar-refractivity contribution in [2.24, 2.45) is 13.0 Å². The van der Waals surface area contributed by atoms with E-state index in [2.05, 4.69) is 21.0 Å². The van der Waals surface area contributed by atoms with Crippen LogP contribution >= 0.6 is 15.9 Å². The Morgan fingerprint density at radius 3 is 2.90 bits per heavy atom. The number of aromatic nitrogens is 2. The number of halogens is 1. The minimum Gasteiger partial charge on any atom is -0.492 e. The molecule has 1 aliphatic rings. The Morgan fingerprint density at radius 1 is 1.52 bits per heavy atom. The molecule has 3 rings (SSSR count). The third kappa shape index (κ3) is 2.95. The molecule has 110 valence electrons. The molecule has 0 atom stereocenters. The summed E-state index contributed by atoms with van der Waals surface area (Å²) in [6.07, 6.45) is 2.47. The lowest BCUT2D eigenvalue weighted by Crippen LogP contribution is -2.01. The number of aromatic carboxylic acids is 1. The predicted molar refractivity (Wildman–Crippen MR) is 81.5 cm³/mol. The Bertz CT molecular complexity index is 692. The standard InChI is InChI=1S/C15H15BrN2O3/c1-18-12(7-11(17-18)15(19)20)10-3-2-4-13(14(10)16)21-8-9-5-6-9/h2-4,7,9H,5-6,8H2,1H3,(H,19,20). The van der Waals surface area contributed by atoms with Gasteiger partial charge in [-0.05, 0) is 46.8 Å². The van der Waals surface area contributed by atoms with E-state index in [1.807, 2.05) is 18.2 Å². The smallest absolute Gasteiger partial charge is 0.356 e. The van der Waals surface area contributed by atoms with Crippen molar-refractivity contribution in [1.29, 1.82) is 0 Å². The van der Waals surface area contributed by atoms with E-state index < -0.39 is 5.97 Å². The van der Waals surface area contributed by atoms with Crippen LogP contribution in [0.3, 0.4) is 0 Å². The van der Waals surface area contributed by atoms with Gasteiger partial charge >= 0.3 is 5.97 Å². The van der Waals surface area contributed by atoms with Gasteiger partial charge < -0.3 is 9.84 Å². The third-order valence-electron chi connectivity index (χ3n) is 3.51. The summed E-state index contributed by atoms with van der Waals surface area (Å²) >= 11 is 3.56. The zero-order valence-electron chi connectivity index (χ0n) is 11.5. The van der Waals surface area contributed by atoms with Gasteiger partial charge in [-0.15, -0.1) is 0 Å². The molecule has 0 saturated heterocycles. The first-order valence-corrected chi connectivity index (χ1v) is 7.54. The average Bonchev–Trinajstić information content (AvgIpc) is 3.19. The topological polar surface area (TPSA) is 64.4 Å². The zero-order valence-corrected chi connectivity index (χ0v) is 13.1. The van der Waals surface area contributed by atoms with Crippen molar-refractivity contribution in [3.8, 4) is 17.0 Å². The van der Waals surface area contributed by atoms with Crippen molar-refractivity contribution < 1.29 is 14.6 Å². The van der Waals surface area contributed by atoms with Crippen LogP contribution in [0, 0.1) is 5.92 Å². The second-order valence-corrected chi connectivity index (χ2v) is 6.01. The molecule has 1 N–H and O–H groups in total. The number of benzene rings is 1. The highest BCUT2D eigenvalue weighted by molar-refractivity contribution is 9.10. The van der Waals surface area contributed by atoms with Crippen LogP contribution in [0.5, 0.6) is 5.75 Å². The molecule has 0 radical (unpaired) electrons. The molecule has 21 heavy (non-hydrogen) atoms. The van der Waals surface area contributed by atoms with Crippen molar-refractivity contribution in [3.63, 3.8) is 0 Å². The molecule has 1 heterocycles. The molecule has 0 bridgehead atoms. The van der Waals surface area contributed by atoms with Gasteiger partial charge in [-0.3, -0.25) is 4.68 Å². The second kappa shape index (κ2) is 5.52. The molecule has 0 unspecified atom stereocenters. The first kappa shape index (κ1) is 14.1. The molecular weight excluding hydrogens is 336 g/mol. The molecule has 2 aromatic rings. The Kier molecular flexibility index (Phi) is 3.71. The maximum absolute atomic E-state index is 11.0. The van der Waals surface area contributed by atoms with Crippen molar-refractivity contribution >= 4 is 21.9 Å². The molecule has 0 spiro atoms. The van der Waals surface area contributed by atoms with E-state index >= 15 is 0 Å². The predicted octanol–water partition coefficient (Wildman–Crippen LogP) is 3.34. The van der Waals surface area contributed by atoms with Crippen LogP contribution in [0.2, 0.25) is 0 Å². The molecule has 0 amide bonds. The molecule has 1 aliphatic carbocycles. The van der Waals surface area contributed by atoms with E-state index in [1.54, 1.807) is 17.8 Å². The fourth-order valence-electron chi connectivity index (χ4n) is 2.14. The van der Waals surface area contributed by atoms with Gasteiger partial charge in [0.05, 0.1) is 16.8 Å². The van der Waals surface area contributed by atoms with Crippen LogP contribution < -0.4 is 4.74 Å². The molecule has 6 heteroatoms. The number of nitrogens with zero attached hydrogens (tertiary/aromatic N) is 2. The Morgan fingerprint density at radius 2 is 2.29 bits per heavy atom. The number of hydrogen-bond donors (Lipinski definition) is 1. The third-order valence-corrected chi connectivity index (χ3v) is 4.33. The minimum atomic E-state index is -1.03. The normalized spacial score (nSPS) is 14.2. The summed E-state index contributed by atoms with van der Waals surface area (Å²) in [5.41, 5.74) is 1.63. The van der Waals surface area contributed by atoms with Crippen molar-refractivity contribution in [3.05, 3.63) is 34.4 Å². The number of carbonyl (C=O) groups is 1. The van der Waals surface area contributed by atoms with Crippen LogP contribution in [-0.4, -0.2) is 27.5 Å². The van der Waals surface area contributed by atoms with Crippen molar-refractivity contribution in [1.82, 2.24) is 9.78 Å². The molecule has 1 aromatic carbocycles. The maximum Gasteiger partial charge on any atom is 0.356 e.